The molecule has 4 bridgehead atoms. The molecule has 20 heavy (non-hydrogen) atoms. The lowest BCUT2D eigenvalue weighted by molar-refractivity contribution is -0.177. The summed E-state index contributed by atoms with van der Waals surface area (Å²) < 4.78 is 4.66. The van der Waals surface area contributed by atoms with Gasteiger partial charge in [-0.25, -0.2) is 4.79 Å². The van der Waals surface area contributed by atoms with Crippen molar-refractivity contribution >= 4 is 11.8 Å². The summed E-state index contributed by atoms with van der Waals surface area (Å²) in [7, 11) is 1.30. The van der Waals surface area contributed by atoms with Gasteiger partial charge in [-0.05, 0) is 60.7 Å². The molecule has 0 spiro atoms. The molecule has 0 radical (unpaired) electrons. The van der Waals surface area contributed by atoms with Crippen molar-refractivity contribution < 1.29 is 14.3 Å². The first-order valence-corrected chi connectivity index (χ1v) is 7.83. The Bertz CT molecular complexity index is 449. The lowest BCUT2D eigenvalue weighted by Gasteiger charge is -2.66. The molecule has 4 rings (SSSR count). The van der Waals surface area contributed by atoms with Crippen LogP contribution < -0.4 is 0 Å². The maximum absolute atomic E-state index is 12.3. The van der Waals surface area contributed by atoms with Crippen LogP contribution >= 0.6 is 0 Å². The minimum atomic E-state index is -0.663. The Hall–Kier alpha value is -0.860. The van der Waals surface area contributed by atoms with E-state index in [1.54, 1.807) is 0 Å². The highest BCUT2D eigenvalue weighted by atomic mass is 16.5. The molecule has 3 unspecified atom stereocenters. The third kappa shape index (κ3) is 1.93. The van der Waals surface area contributed by atoms with Crippen molar-refractivity contribution in [3.8, 4) is 0 Å². The number of hydrogen-bond donors (Lipinski definition) is 0. The average Bonchev–Trinajstić information content (AvgIpc) is 2.31. The Morgan fingerprint density at radius 3 is 2.05 bits per heavy atom. The maximum atomic E-state index is 12.3. The molecule has 0 aromatic rings. The highest BCUT2D eigenvalue weighted by Crippen LogP contribution is 2.71. The molecule has 4 saturated carbocycles. The first kappa shape index (κ1) is 14.1. The Morgan fingerprint density at radius 1 is 1.05 bits per heavy atom. The topological polar surface area (TPSA) is 43.4 Å². The van der Waals surface area contributed by atoms with Crippen LogP contribution in [-0.2, 0) is 14.3 Å². The fourth-order valence-electron chi connectivity index (χ4n) is 6.57. The highest BCUT2D eigenvalue weighted by molar-refractivity contribution is 6.34. The third-order valence-corrected chi connectivity index (χ3v) is 6.37. The van der Waals surface area contributed by atoms with Gasteiger partial charge in [0.05, 0.1) is 7.11 Å². The summed E-state index contributed by atoms with van der Waals surface area (Å²) in [5, 5.41) is 0. The fraction of sp³-hybridized carbons (Fsp3) is 0.882. The summed E-state index contributed by atoms with van der Waals surface area (Å²) >= 11 is 0. The van der Waals surface area contributed by atoms with E-state index in [-0.39, 0.29) is 17.1 Å². The van der Waals surface area contributed by atoms with Crippen molar-refractivity contribution in [3.05, 3.63) is 0 Å². The van der Waals surface area contributed by atoms with Gasteiger partial charge in [0.15, 0.2) is 0 Å². The first-order chi connectivity index (χ1) is 9.21. The highest BCUT2D eigenvalue weighted by Gasteiger charge is 2.62. The maximum Gasteiger partial charge on any atom is 0.374 e. The fourth-order valence-corrected chi connectivity index (χ4v) is 6.57. The first-order valence-electron chi connectivity index (χ1n) is 7.83. The Kier molecular flexibility index (Phi) is 2.88. The summed E-state index contributed by atoms with van der Waals surface area (Å²) in [6.45, 7) is 6.73. The van der Waals surface area contributed by atoms with Gasteiger partial charge in [0, 0.05) is 5.92 Å². The van der Waals surface area contributed by atoms with Crippen LogP contribution in [0.3, 0.4) is 0 Å². The molecule has 4 fully saturated rings. The predicted octanol–water partition coefficient (Wildman–Crippen LogP) is 3.36. The van der Waals surface area contributed by atoms with E-state index in [0.29, 0.717) is 10.8 Å². The van der Waals surface area contributed by atoms with Crippen LogP contribution in [0.1, 0.15) is 59.3 Å². The summed E-state index contributed by atoms with van der Waals surface area (Å²) in [5.41, 5.74) is 0.784. The molecule has 0 saturated heterocycles. The predicted molar refractivity (Wildman–Crippen MR) is 76.0 cm³/mol. The van der Waals surface area contributed by atoms with Gasteiger partial charge in [0.1, 0.15) is 0 Å². The molecule has 5 atom stereocenters. The summed E-state index contributed by atoms with van der Waals surface area (Å²) in [6, 6.07) is 0. The van der Waals surface area contributed by atoms with Crippen LogP contribution in [0.15, 0.2) is 0 Å². The van der Waals surface area contributed by atoms with Crippen molar-refractivity contribution in [1.82, 2.24) is 0 Å². The number of ether oxygens (including phenoxy) is 1. The van der Waals surface area contributed by atoms with Crippen molar-refractivity contribution in [1.29, 1.82) is 0 Å². The van der Waals surface area contributed by atoms with Crippen LogP contribution in [0.25, 0.3) is 0 Å². The van der Waals surface area contributed by atoms with Crippen molar-refractivity contribution in [2.45, 2.75) is 59.3 Å². The van der Waals surface area contributed by atoms with E-state index in [0.717, 1.165) is 25.2 Å². The summed E-state index contributed by atoms with van der Waals surface area (Å²) in [4.78, 5) is 24.0. The standard InChI is InChI=1S/C17H26O3/c1-11(13(18)14(19)20-4)17-7-12-5-15(2,9-17)8-16(3,6-12)10-17/h11-12H,5-10H2,1-4H3/t11?,12?,15-,16+,17?. The van der Waals surface area contributed by atoms with E-state index in [4.69, 9.17) is 0 Å². The van der Waals surface area contributed by atoms with Gasteiger partial charge >= 0.3 is 5.97 Å². The molecule has 4 aliphatic carbocycles. The smallest absolute Gasteiger partial charge is 0.374 e. The molecule has 4 aliphatic rings. The number of Topliss-reactive ketones (excluding diaryl/α,β-unsaturated/α-hetero) is 1. The van der Waals surface area contributed by atoms with E-state index < -0.39 is 5.97 Å². The van der Waals surface area contributed by atoms with Crippen molar-refractivity contribution in [3.63, 3.8) is 0 Å². The molecule has 0 heterocycles. The SMILES string of the molecule is COC(=O)C(=O)C(C)C12CC3C[C@@](C)(C1)C[C@](C)(C3)C2. The lowest BCUT2D eigenvalue weighted by atomic mass is 9.38. The summed E-state index contributed by atoms with van der Waals surface area (Å²) in [6.07, 6.45) is 7.25. The number of carbonyl (C=O) groups excluding carboxylic acids is 2. The van der Waals surface area contributed by atoms with Crippen LogP contribution in [0.4, 0.5) is 0 Å². The number of rotatable bonds is 3. The number of carbonyl (C=O) groups is 2. The van der Waals surface area contributed by atoms with E-state index in [9.17, 15) is 9.59 Å². The normalized spacial score (nSPS) is 47.1. The third-order valence-electron chi connectivity index (χ3n) is 6.37. The molecule has 112 valence electrons. The molecular formula is C17H26O3. The van der Waals surface area contributed by atoms with Gasteiger partial charge in [-0.15, -0.1) is 0 Å². The summed E-state index contributed by atoms with van der Waals surface area (Å²) in [5.74, 6) is -0.434. The van der Waals surface area contributed by atoms with E-state index in [2.05, 4.69) is 18.6 Å². The molecular weight excluding hydrogens is 252 g/mol. The largest absolute Gasteiger partial charge is 0.463 e. The number of methoxy groups -OCH3 is 1. The molecule has 0 N–H and O–H groups in total. The zero-order chi connectivity index (χ0) is 14.8. The Labute approximate surface area is 121 Å². The Morgan fingerprint density at radius 2 is 1.60 bits per heavy atom. The van der Waals surface area contributed by atoms with Crippen LogP contribution in [-0.4, -0.2) is 18.9 Å². The van der Waals surface area contributed by atoms with Gasteiger partial charge < -0.3 is 4.74 Å². The molecule has 3 nitrogen and oxygen atoms in total. The second kappa shape index (κ2) is 4.08. The molecule has 0 aromatic carbocycles. The van der Waals surface area contributed by atoms with E-state index in [1.807, 2.05) is 6.92 Å². The van der Waals surface area contributed by atoms with Crippen LogP contribution in [0.2, 0.25) is 0 Å². The van der Waals surface area contributed by atoms with Crippen molar-refractivity contribution in [2.75, 3.05) is 7.11 Å². The average molecular weight is 278 g/mol. The molecule has 3 heteroatoms. The van der Waals surface area contributed by atoms with Crippen LogP contribution in [0.5, 0.6) is 0 Å². The van der Waals surface area contributed by atoms with Crippen molar-refractivity contribution in [2.24, 2.45) is 28.1 Å². The monoisotopic (exact) mass is 278 g/mol. The van der Waals surface area contributed by atoms with Crippen LogP contribution in [0, 0.1) is 28.1 Å². The molecule has 0 aliphatic heterocycles. The zero-order valence-corrected chi connectivity index (χ0v) is 13.1. The van der Waals surface area contributed by atoms with Gasteiger partial charge in [-0.2, -0.15) is 0 Å². The van der Waals surface area contributed by atoms with E-state index in [1.165, 1.54) is 26.4 Å². The number of hydrogen-bond acceptors (Lipinski definition) is 3. The number of esters is 1. The second-order valence-corrected chi connectivity index (χ2v) is 8.57. The lowest BCUT2D eigenvalue weighted by Crippen LogP contribution is -2.58. The quantitative estimate of drug-likeness (QED) is 0.587. The van der Waals surface area contributed by atoms with Gasteiger partial charge in [0.25, 0.3) is 0 Å². The Balaban J connectivity index is 1.92. The van der Waals surface area contributed by atoms with Gasteiger partial charge in [0.2, 0.25) is 5.78 Å². The zero-order valence-electron chi connectivity index (χ0n) is 13.1. The van der Waals surface area contributed by atoms with Gasteiger partial charge in [-0.3, -0.25) is 4.79 Å². The second-order valence-electron chi connectivity index (χ2n) is 8.57. The van der Waals surface area contributed by atoms with Gasteiger partial charge in [-0.1, -0.05) is 20.8 Å². The van der Waals surface area contributed by atoms with E-state index >= 15 is 0 Å². The molecule has 0 aromatic heterocycles. The minimum Gasteiger partial charge on any atom is -0.463 e. The number of ketones is 1. The molecule has 0 amide bonds. The minimum absolute atomic E-state index is 0.0359.